The van der Waals surface area contributed by atoms with Crippen molar-refractivity contribution in [2.75, 3.05) is 0 Å². The van der Waals surface area contributed by atoms with Crippen LogP contribution < -0.4 is 0 Å². The summed E-state index contributed by atoms with van der Waals surface area (Å²) in [5, 5.41) is 0. The number of hydrogen-bond acceptors (Lipinski definition) is 2. The molecule has 1 rings (SSSR count). The summed E-state index contributed by atoms with van der Waals surface area (Å²) in [5.74, 6) is 0.851. The van der Waals surface area contributed by atoms with E-state index in [0.717, 1.165) is 5.92 Å². The van der Waals surface area contributed by atoms with Gasteiger partial charge in [0.1, 0.15) is 0 Å². The zero-order valence-corrected chi connectivity index (χ0v) is 8.28. The van der Waals surface area contributed by atoms with E-state index in [9.17, 15) is 0 Å². The van der Waals surface area contributed by atoms with E-state index < -0.39 is 19.1 Å². The van der Waals surface area contributed by atoms with Gasteiger partial charge in [-0.25, -0.2) is 0 Å². The fraction of sp³-hybridized carbons (Fsp3) is 0.750. The van der Waals surface area contributed by atoms with E-state index in [2.05, 4.69) is 12.7 Å². The summed E-state index contributed by atoms with van der Waals surface area (Å²) in [4.78, 5) is 0. The van der Waals surface area contributed by atoms with Gasteiger partial charge in [0.15, 0.2) is 0 Å². The molecule has 0 aromatic carbocycles. The van der Waals surface area contributed by atoms with Crippen LogP contribution in [0.15, 0.2) is 12.7 Å². The van der Waals surface area contributed by atoms with Gasteiger partial charge in [-0.2, -0.15) is 0 Å². The molecule has 1 aliphatic rings. The molecule has 0 unspecified atom stereocenters. The Balaban J connectivity index is 0.000000292. The second-order valence-electron chi connectivity index (χ2n) is 2.72. The average molecular weight is 190 g/mol. The molecule has 0 aromatic heterocycles. The Morgan fingerprint density at radius 1 is 1.18 bits per heavy atom. The van der Waals surface area contributed by atoms with Gasteiger partial charge in [-0.05, 0) is 18.8 Å². The van der Waals surface area contributed by atoms with Gasteiger partial charge < -0.3 is 0 Å². The first kappa shape index (κ1) is 11.1. The standard InChI is InChI=1S/C8H14.2O.Ti/c1-2-8-6-4-3-5-7-8;;;/h2,8H,1,3-7H2;;;. The molecule has 62 valence electrons. The number of hydrogen-bond donors (Lipinski definition) is 0. The Hall–Kier alpha value is 0.0543. The Bertz CT molecular complexity index is 133. The Morgan fingerprint density at radius 2 is 1.64 bits per heavy atom. The van der Waals surface area contributed by atoms with Crippen LogP contribution >= 0.6 is 0 Å². The third-order valence-electron chi connectivity index (χ3n) is 1.98. The average Bonchev–Trinajstić information content (AvgIpc) is 2.08. The maximum atomic E-state index is 8.50. The van der Waals surface area contributed by atoms with Crippen LogP contribution in [0.5, 0.6) is 0 Å². The summed E-state index contributed by atoms with van der Waals surface area (Å²) in [6.07, 6.45) is 9.20. The van der Waals surface area contributed by atoms with Crippen molar-refractivity contribution in [1.82, 2.24) is 0 Å². The SMILES string of the molecule is C=CC1CCCCC1.[O]=[Ti]=[O]. The molecule has 0 spiro atoms. The van der Waals surface area contributed by atoms with Gasteiger partial charge in [0.05, 0.1) is 0 Å². The minimum absolute atomic E-state index is 0.851. The summed E-state index contributed by atoms with van der Waals surface area (Å²) >= 11 is -2.00. The van der Waals surface area contributed by atoms with Crippen LogP contribution in [0.3, 0.4) is 0 Å². The maximum absolute atomic E-state index is 8.50. The quantitative estimate of drug-likeness (QED) is 0.470. The third-order valence-corrected chi connectivity index (χ3v) is 1.98. The molecule has 0 aromatic rings. The molecular formula is C8H14O2Ti. The Kier molecular flexibility index (Phi) is 8.19. The fourth-order valence-electron chi connectivity index (χ4n) is 1.37. The van der Waals surface area contributed by atoms with Crippen molar-refractivity contribution >= 4 is 0 Å². The molecule has 2 nitrogen and oxygen atoms in total. The van der Waals surface area contributed by atoms with Gasteiger partial charge in [-0.15, -0.1) is 6.58 Å². The van der Waals surface area contributed by atoms with Gasteiger partial charge in [-0.3, -0.25) is 0 Å². The van der Waals surface area contributed by atoms with Gasteiger partial charge in [0, 0.05) is 0 Å². The van der Waals surface area contributed by atoms with Crippen molar-refractivity contribution in [2.45, 2.75) is 32.1 Å². The normalized spacial score (nSPS) is 17.5. The molecule has 0 atom stereocenters. The van der Waals surface area contributed by atoms with Crippen molar-refractivity contribution in [3.63, 3.8) is 0 Å². The molecule has 0 saturated heterocycles. The molecule has 0 N–H and O–H groups in total. The van der Waals surface area contributed by atoms with Gasteiger partial charge >= 0.3 is 25.7 Å². The minimum atomic E-state index is -2.00. The van der Waals surface area contributed by atoms with Crippen LogP contribution in [0.25, 0.3) is 0 Å². The zero-order valence-electron chi connectivity index (χ0n) is 6.71. The summed E-state index contributed by atoms with van der Waals surface area (Å²) < 4.78 is 17.0. The third kappa shape index (κ3) is 6.45. The summed E-state index contributed by atoms with van der Waals surface area (Å²) in [5.41, 5.74) is 0. The van der Waals surface area contributed by atoms with E-state index in [0.29, 0.717) is 0 Å². The molecule has 0 amide bonds. The van der Waals surface area contributed by atoms with Crippen LogP contribution in [0.4, 0.5) is 0 Å². The monoisotopic (exact) mass is 190 g/mol. The van der Waals surface area contributed by atoms with Crippen molar-refractivity contribution < 1.29 is 25.7 Å². The molecule has 0 bridgehead atoms. The Labute approximate surface area is 76.6 Å². The summed E-state index contributed by atoms with van der Waals surface area (Å²) in [7, 11) is 0. The zero-order chi connectivity index (χ0) is 8.53. The van der Waals surface area contributed by atoms with E-state index in [4.69, 9.17) is 6.65 Å². The van der Waals surface area contributed by atoms with E-state index >= 15 is 0 Å². The van der Waals surface area contributed by atoms with Crippen LogP contribution in [0, 0.1) is 5.92 Å². The van der Waals surface area contributed by atoms with E-state index in [1.165, 1.54) is 32.1 Å². The van der Waals surface area contributed by atoms with E-state index in [1.54, 1.807) is 0 Å². The summed E-state index contributed by atoms with van der Waals surface area (Å²) in [6, 6.07) is 0. The molecule has 1 saturated carbocycles. The van der Waals surface area contributed by atoms with Crippen LogP contribution in [-0.2, 0) is 25.7 Å². The molecule has 0 radical (unpaired) electrons. The molecule has 3 heteroatoms. The first-order chi connectivity index (χ1) is 5.35. The van der Waals surface area contributed by atoms with Crippen LogP contribution in [0.2, 0.25) is 0 Å². The molecule has 1 fully saturated rings. The second kappa shape index (κ2) is 8.15. The fourth-order valence-corrected chi connectivity index (χ4v) is 1.37. The predicted octanol–water partition coefficient (Wildman–Crippen LogP) is 2.51. The Morgan fingerprint density at radius 3 is 1.91 bits per heavy atom. The van der Waals surface area contributed by atoms with E-state index in [1.807, 2.05) is 0 Å². The molecule has 1 aliphatic carbocycles. The first-order valence-electron chi connectivity index (χ1n) is 3.97. The molecule has 0 aliphatic heterocycles. The number of allylic oxidation sites excluding steroid dienone is 1. The van der Waals surface area contributed by atoms with Crippen molar-refractivity contribution in [2.24, 2.45) is 5.92 Å². The summed E-state index contributed by atoms with van der Waals surface area (Å²) in [6.45, 7) is 3.78. The van der Waals surface area contributed by atoms with Crippen molar-refractivity contribution in [3.05, 3.63) is 12.7 Å². The van der Waals surface area contributed by atoms with Gasteiger partial charge in [0.2, 0.25) is 0 Å². The predicted molar refractivity (Wildman–Crippen MR) is 38.1 cm³/mol. The molecule has 0 heterocycles. The second-order valence-corrected chi connectivity index (χ2v) is 2.98. The van der Waals surface area contributed by atoms with Gasteiger partial charge in [-0.1, -0.05) is 25.3 Å². The first-order valence-corrected chi connectivity index (χ1v) is 5.24. The van der Waals surface area contributed by atoms with Crippen molar-refractivity contribution in [3.8, 4) is 0 Å². The van der Waals surface area contributed by atoms with Crippen LogP contribution in [0.1, 0.15) is 32.1 Å². The van der Waals surface area contributed by atoms with E-state index in [-0.39, 0.29) is 0 Å². The van der Waals surface area contributed by atoms with Crippen molar-refractivity contribution in [1.29, 1.82) is 0 Å². The topological polar surface area (TPSA) is 34.1 Å². The van der Waals surface area contributed by atoms with Gasteiger partial charge in [0.25, 0.3) is 0 Å². The van der Waals surface area contributed by atoms with Crippen LogP contribution in [-0.4, -0.2) is 0 Å². The molecular weight excluding hydrogens is 176 g/mol. The molecule has 11 heavy (non-hydrogen) atoms. The number of rotatable bonds is 1.